The molecule has 36 heavy (non-hydrogen) atoms. The molecule has 0 N–H and O–H groups in total. The molecular weight excluding hydrogens is 475 g/mol. The Morgan fingerprint density at radius 3 is 2.47 bits per heavy atom. The summed E-state index contributed by atoms with van der Waals surface area (Å²) in [4.78, 5) is 17.8. The van der Waals surface area contributed by atoms with Crippen LogP contribution < -0.4 is 4.90 Å². The van der Waals surface area contributed by atoms with Gasteiger partial charge >= 0.3 is 0 Å². The molecule has 0 aromatic heterocycles. The molecule has 1 fully saturated rings. The first-order chi connectivity index (χ1) is 17.4. The Labute approximate surface area is 216 Å². The van der Waals surface area contributed by atoms with Crippen LogP contribution in [0.1, 0.15) is 34.7 Å². The van der Waals surface area contributed by atoms with Crippen molar-refractivity contribution in [1.82, 2.24) is 9.91 Å². The second kappa shape index (κ2) is 10.4. The number of hydrogen-bond acceptors (Lipinski definition) is 4. The van der Waals surface area contributed by atoms with Gasteiger partial charge in [0.1, 0.15) is 5.82 Å². The van der Waals surface area contributed by atoms with Gasteiger partial charge in [-0.25, -0.2) is 9.40 Å². The number of nitrogens with zero attached hydrogens (tertiary/aromatic N) is 4. The lowest BCUT2D eigenvalue weighted by Crippen LogP contribution is -2.49. The smallest absolute Gasteiger partial charge is 0.257 e. The van der Waals surface area contributed by atoms with Gasteiger partial charge in [-0.15, -0.1) is 0 Å². The van der Waals surface area contributed by atoms with Crippen molar-refractivity contribution in [3.63, 3.8) is 0 Å². The maximum Gasteiger partial charge on any atom is 0.257 e. The molecule has 0 unspecified atom stereocenters. The van der Waals surface area contributed by atoms with Gasteiger partial charge in [-0.1, -0.05) is 65.7 Å². The number of carbonyl (C=O) groups is 1. The monoisotopic (exact) mass is 504 g/mol. The number of rotatable bonds is 5. The number of carbonyl (C=O) groups excluding carboxylic acids is 1. The summed E-state index contributed by atoms with van der Waals surface area (Å²) >= 11 is 6.49. The molecule has 2 heterocycles. The lowest BCUT2D eigenvalue weighted by atomic mass is 9.94. The number of hydrazone groups is 1. The molecule has 3 aromatic rings. The summed E-state index contributed by atoms with van der Waals surface area (Å²) < 4.78 is 14.2. The van der Waals surface area contributed by atoms with Gasteiger partial charge in [-0.3, -0.25) is 9.69 Å². The van der Waals surface area contributed by atoms with Gasteiger partial charge in [-0.2, -0.15) is 5.10 Å². The summed E-state index contributed by atoms with van der Waals surface area (Å²) in [5.41, 5.74) is 5.70. The quantitative estimate of drug-likeness (QED) is 0.454. The minimum absolute atomic E-state index is 0.0395. The number of halogens is 2. The highest BCUT2D eigenvalue weighted by molar-refractivity contribution is 6.34. The second-order valence-electron chi connectivity index (χ2n) is 9.56. The molecule has 0 radical (unpaired) electrons. The van der Waals surface area contributed by atoms with Crippen molar-refractivity contribution in [3.8, 4) is 0 Å². The van der Waals surface area contributed by atoms with E-state index in [9.17, 15) is 9.18 Å². The van der Waals surface area contributed by atoms with E-state index >= 15 is 0 Å². The van der Waals surface area contributed by atoms with Crippen LogP contribution in [-0.2, 0) is 4.79 Å². The third-order valence-electron chi connectivity index (χ3n) is 7.07. The van der Waals surface area contributed by atoms with Crippen LogP contribution in [0.2, 0.25) is 5.02 Å². The van der Waals surface area contributed by atoms with E-state index in [2.05, 4.69) is 36.9 Å². The van der Waals surface area contributed by atoms with E-state index in [0.717, 1.165) is 28.0 Å². The standard InChI is InChI=1S/C29H30ClFN4O/c1-20-11-12-21(2)23(17-20)28-18-26(22-7-3-4-8-24(22)30)32-35(28)29(36)19-33-13-15-34(16-14-33)27-10-6-5-9-25(27)31/h3-12,17,28H,13-16,18-19H2,1-2H3/t28-/m1/s1. The molecule has 1 amide bonds. The highest BCUT2D eigenvalue weighted by atomic mass is 35.5. The Kier molecular flexibility index (Phi) is 7.08. The van der Waals surface area contributed by atoms with Crippen LogP contribution in [0.25, 0.3) is 0 Å². The van der Waals surface area contributed by atoms with Crippen molar-refractivity contribution in [2.75, 3.05) is 37.6 Å². The SMILES string of the molecule is Cc1ccc(C)c([C@H]2CC(c3ccccc3Cl)=NN2C(=O)CN2CCN(c3ccccc3F)CC2)c1. The van der Waals surface area contributed by atoms with Gasteiger partial charge in [0, 0.05) is 43.2 Å². The average Bonchev–Trinajstić information content (AvgIpc) is 3.32. The predicted octanol–water partition coefficient (Wildman–Crippen LogP) is 5.60. The van der Waals surface area contributed by atoms with E-state index in [0.29, 0.717) is 43.3 Å². The van der Waals surface area contributed by atoms with Gasteiger partial charge in [0.25, 0.3) is 5.91 Å². The maximum atomic E-state index is 14.2. The van der Waals surface area contributed by atoms with Crippen molar-refractivity contribution >= 4 is 28.9 Å². The molecule has 5 nitrogen and oxygen atoms in total. The van der Waals surface area contributed by atoms with Gasteiger partial charge in [0.15, 0.2) is 0 Å². The summed E-state index contributed by atoms with van der Waals surface area (Å²) in [7, 11) is 0. The minimum atomic E-state index is -0.211. The van der Waals surface area contributed by atoms with Gasteiger partial charge in [0.05, 0.1) is 24.0 Å². The zero-order valence-electron chi connectivity index (χ0n) is 20.6. The fraction of sp³-hybridized carbons (Fsp3) is 0.310. The normalized spacial score (nSPS) is 18.4. The topological polar surface area (TPSA) is 39.2 Å². The van der Waals surface area contributed by atoms with E-state index in [4.69, 9.17) is 16.7 Å². The molecule has 0 aliphatic carbocycles. The maximum absolute atomic E-state index is 14.2. The Morgan fingerprint density at radius 1 is 1.00 bits per heavy atom. The molecule has 0 saturated carbocycles. The Morgan fingerprint density at radius 2 is 1.72 bits per heavy atom. The second-order valence-corrected chi connectivity index (χ2v) is 9.97. The number of piperazine rings is 1. The molecule has 3 aromatic carbocycles. The molecule has 186 valence electrons. The van der Waals surface area contributed by atoms with Crippen molar-refractivity contribution in [1.29, 1.82) is 0 Å². The number of aryl methyl sites for hydroxylation is 2. The van der Waals surface area contributed by atoms with Crippen LogP contribution in [0.15, 0.2) is 71.8 Å². The molecule has 2 aliphatic rings. The zero-order chi connectivity index (χ0) is 25.2. The molecule has 1 atom stereocenters. The third kappa shape index (κ3) is 5.01. The predicted molar refractivity (Wildman–Crippen MR) is 143 cm³/mol. The summed E-state index contributed by atoms with van der Waals surface area (Å²) in [6.45, 7) is 7.12. The molecule has 2 aliphatic heterocycles. The molecule has 5 rings (SSSR count). The summed E-state index contributed by atoms with van der Waals surface area (Å²) in [5.74, 6) is -0.251. The number of para-hydroxylation sites is 1. The molecule has 7 heteroatoms. The zero-order valence-corrected chi connectivity index (χ0v) is 21.4. The first-order valence-corrected chi connectivity index (χ1v) is 12.7. The first kappa shape index (κ1) is 24.5. The van der Waals surface area contributed by atoms with E-state index in [1.54, 1.807) is 17.1 Å². The van der Waals surface area contributed by atoms with Crippen molar-refractivity contribution in [2.24, 2.45) is 5.10 Å². The highest BCUT2D eigenvalue weighted by Gasteiger charge is 2.35. The lowest BCUT2D eigenvalue weighted by Gasteiger charge is -2.36. The molecule has 0 spiro atoms. The van der Waals surface area contributed by atoms with Crippen LogP contribution in [-0.4, -0.2) is 54.3 Å². The number of hydrogen-bond donors (Lipinski definition) is 0. The van der Waals surface area contributed by atoms with E-state index < -0.39 is 0 Å². The third-order valence-corrected chi connectivity index (χ3v) is 7.40. The number of amides is 1. The van der Waals surface area contributed by atoms with Crippen molar-refractivity contribution in [3.05, 3.63) is 99.8 Å². The van der Waals surface area contributed by atoms with E-state index in [1.165, 1.54) is 6.07 Å². The van der Waals surface area contributed by atoms with Gasteiger partial charge in [0.2, 0.25) is 0 Å². The largest absolute Gasteiger partial charge is 0.367 e. The van der Waals surface area contributed by atoms with Crippen molar-refractivity contribution < 1.29 is 9.18 Å². The van der Waals surface area contributed by atoms with E-state index in [1.807, 2.05) is 35.2 Å². The van der Waals surface area contributed by atoms with E-state index in [-0.39, 0.29) is 24.3 Å². The molecule has 1 saturated heterocycles. The Bertz CT molecular complexity index is 1300. The molecular formula is C29H30ClFN4O. The number of anilines is 1. The Balaban J connectivity index is 1.35. The van der Waals surface area contributed by atoms with Gasteiger partial charge in [-0.05, 0) is 43.2 Å². The average molecular weight is 505 g/mol. The first-order valence-electron chi connectivity index (χ1n) is 12.3. The van der Waals surface area contributed by atoms with Crippen LogP contribution >= 0.6 is 11.6 Å². The molecule has 0 bridgehead atoms. The Hall–Kier alpha value is -3.22. The van der Waals surface area contributed by atoms with Crippen molar-refractivity contribution in [2.45, 2.75) is 26.3 Å². The van der Waals surface area contributed by atoms with Crippen LogP contribution in [0, 0.1) is 19.7 Å². The highest BCUT2D eigenvalue weighted by Crippen LogP contribution is 2.36. The summed E-state index contributed by atoms with van der Waals surface area (Å²) in [5, 5.41) is 7.11. The van der Waals surface area contributed by atoms with Gasteiger partial charge < -0.3 is 4.90 Å². The van der Waals surface area contributed by atoms with Crippen LogP contribution in [0.3, 0.4) is 0 Å². The minimum Gasteiger partial charge on any atom is -0.367 e. The van der Waals surface area contributed by atoms with Crippen LogP contribution in [0.4, 0.5) is 10.1 Å². The van der Waals surface area contributed by atoms with Crippen LogP contribution in [0.5, 0.6) is 0 Å². The number of benzene rings is 3. The fourth-order valence-electron chi connectivity index (χ4n) is 5.08. The lowest BCUT2D eigenvalue weighted by molar-refractivity contribution is -0.134. The fourth-order valence-corrected chi connectivity index (χ4v) is 5.32. The summed E-state index contributed by atoms with van der Waals surface area (Å²) in [6.07, 6.45) is 0.612. The summed E-state index contributed by atoms with van der Waals surface area (Å²) in [6, 6.07) is 20.7.